The Morgan fingerprint density at radius 2 is 1.63 bits per heavy atom. The lowest BCUT2D eigenvalue weighted by molar-refractivity contribution is -1.73. The van der Waals surface area contributed by atoms with Gasteiger partial charge in [0.15, 0.2) is 9.58 Å². The van der Waals surface area contributed by atoms with Crippen molar-refractivity contribution in [1.82, 2.24) is 0 Å². The molecule has 1 aromatic carbocycles. The van der Waals surface area contributed by atoms with E-state index >= 15 is 0 Å². The second-order valence-electron chi connectivity index (χ2n) is 6.80. The summed E-state index contributed by atoms with van der Waals surface area (Å²) in [5.41, 5.74) is -3.13. The summed E-state index contributed by atoms with van der Waals surface area (Å²) in [5.74, 6) is 0.115. The topological polar surface area (TPSA) is 69.2 Å². The smallest absolute Gasteiger partial charge is 0.405 e. The van der Waals surface area contributed by atoms with Gasteiger partial charge in [-0.3, -0.25) is 0 Å². The summed E-state index contributed by atoms with van der Waals surface area (Å²) in [6.07, 6.45) is 8.10. The first-order valence-electron chi connectivity index (χ1n) is 9.12. The highest BCUT2D eigenvalue weighted by Crippen LogP contribution is 2.54. The number of benzene rings is 1. The highest BCUT2D eigenvalue weighted by atomic mass is 80.0. The molecule has 0 saturated heterocycles. The molecule has 3 nitrogen and oxygen atoms in total. The minimum absolute atomic E-state index is 0.115. The Labute approximate surface area is 165 Å². The molecule has 0 bridgehead atoms. The van der Waals surface area contributed by atoms with E-state index in [9.17, 15) is 13.2 Å². The molecule has 0 radical (unpaired) electrons. The van der Waals surface area contributed by atoms with Crippen molar-refractivity contribution in [2.24, 2.45) is 0 Å². The molecule has 1 aromatic heterocycles. The van der Waals surface area contributed by atoms with Crippen LogP contribution in [0.15, 0.2) is 24.3 Å². The lowest BCUT2D eigenvalue weighted by atomic mass is 9.98. The lowest BCUT2D eigenvalue weighted by Gasteiger charge is -2.10. The zero-order valence-electron chi connectivity index (χ0n) is 15.2. The lowest BCUT2D eigenvalue weighted by Crippen LogP contribution is -2.42. The van der Waals surface area contributed by atoms with Crippen molar-refractivity contribution in [2.45, 2.75) is 69.7 Å². The summed E-state index contributed by atoms with van der Waals surface area (Å²) in [6, 6.07) is 7.57. The third-order valence-corrected chi connectivity index (χ3v) is 7.04. The van der Waals surface area contributed by atoms with Crippen molar-refractivity contribution < 1.29 is 40.6 Å². The molecule has 8 heteroatoms. The molecule has 2 aromatic rings. The van der Waals surface area contributed by atoms with Crippen molar-refractivity contribution in [3.8, 4) is 0 Å². The molecule has 1 aliphatic rings. The number of thiophene rings is 1. The van der Waals surface area contributed by atoms with Crippen LogP contribution in [0.1, 0.15) is 68.2 Å². The monoisotopic (exact) mass is 468 g/mol. The van der Waals surface area contributed by atoms with E-state index in [0.717, 1.165) is 62.3 Å². The molecule has 1 saturated carbocycles. The molecule has 1 aliphatic carbocycles. The van der Waals surface area contributed by atoms with E-state index in [1.54, 1.807) is 0 Å². The van der Waals surface area contributed by atoms with Gasteiger partial charge in [0.05, 0.1) is 10.5 Å². The Bertz CT molecular complexity index is 720. The van der Waals surface area contributed by atoms with Crippen LogP contribution in [-0.4, -0.2) is 0 Å². The summed E-state index contributed by atoms with van der Waals surface area (Å²) in [6.45, 7) is 2.06. The molecule has 1 heterocycles. The Hall–Kier alpha value is -0.670. The molecule has 152 valence electrons. The van der Waals surface area contributed by atoms with E-state index in [1.807, 2.05) is 24.3 Å². The van der Waals surface area contributed by atoms with Crippen LogP contribution in [0.4, 0.5) is 13.2 Å². The quantitative estimate of drug-likeness (QED) is 0.506. The maximum atomic E-state index is 13.8. The van der Waals surface area contributed by atoms with Gasteiger partial charge in [0.2, 0.25) is 14.8 Å². The average molecular weight is 469 g/mol. The van der Waals surface area contributed by atoms with Gasteiger partial charge in [-0.05, 0) is 30.9 Å². The van der Waals surface area contributed by atoms with Crippen LogP contribution in [0.3, 0.4) is 0 Å². The molecule has 1 fully saturated rings. The fraction of sp³-hybridized carbons (Fsp3) is 0.579. The summed E-state index contributed by atoms with van der Waals surface area (Å²) in [4.78, 5) is 0.656. The molecule has 0 aliphatic heterocycles. The molecule has 1 unspecified atom stereocenters. The standard InChI is InChI=1S/C19H24F3S.BrO3/c1-2-7-14-10-11-16-13-18(15-8-5-3-4-6-9-15)23(17(16)12-14)19(20,21)22;2-1(3)4/h10-13,15H,2-9H2,1H3;/q+1;-1. The Balaban J connectivity index is 0.000000596. The van der Waals surface area contributed by atoms with Crippen LogP contribution in [0.2, 0.25) is 0 Å². The van der Waals surface area contributed by atoms with Gasteiger partial charge >= 0.3 is 5.51 Å². The maximum absolute atomic E-state index is 13.8. The van der Waals surface area contributed by atoms with Gasteiger partial charge in [0.1, 0.15) is 0 Å². The molecule has 0 amide bonds. The van der Waals surface area contributed by atoms with Crippen LogP contribution >= 0.6 is 10.5 Å². The number of fused-ring (bicyclic) bond motifs is 1. The number of halogens is 4. The SMILES string of the molecule is CCCc1ccc2cc(C3CCCCCC3)[s+](C(F)(F)F)c2c1.[O-][Br+2]([O-])[O-]. The van der Waals surface area contributed by atoms with Crippen molar-refractivity contribution in [3.05, 3.63) is 34.7 Å². The van der Waals surface area contributed by atoms with Gasteiger partial charge < -0.3 is 12.6 Å². The van der Waals surface area contributed by atoms with E-state index in [1.165, 1.54) is 0 Å². The fourth-order valence-electron chi connectivity index (χ4n) is 3.76. The predicted octanol–water partition coefficient (Wildman–Crippen LogP) is 3.89. The van der Waals surface area contributed by atoms with Crippen LogP contribution in [0.25, 0.3) is 10.1 Å². The minimum Gasteiger partial charge on any atom is -0.405 e. The number of rotatable bonds is 3. The first-order valence-corrected chi connectivity index (χ1v) is 12.3. The molecule has 0 spiro atoms. The molecule has 27 heavy (non-hydrogen) atoms. The van der Waals surface area contributed by atoms with Crippen LogP contribution in [0, 0.1) is 14.8 Å². The number of alkyl halides is 3. The largest absolute Gasteiger partial charge is 0.600 e. The van der Waals surface area contributed by atoms with Gasteiger partial charge in [0, 0.05) is 23.4 Å². The van der Waals surface area contributed by atoms with E-state index in [-0.39, 0.29) is 5.92 Å². The zero-order chi connectivity index (χ0) is 20.0. The second kappa shape index (κ2) is 10.2. The Morgan fingerprint density at radius 1 is 1.04 bits per heavy atom. The van der Waals surface area contributed by atoms with E-state index in [4.69, 9.17) is 12.6 Å². The number of aryl methyl sites for hydroxylation is 1. The predicted molar refractivity (Wildman–Crippen MR) is 92.2 cm³/mol. The van der Waals surface area contributed by atoms with Gasteiger partial charge in [-0.25, -0.2) is 0 Å². The van der Waals surface area contributed by atoms with E-state index in [0.29, 0.717) is 9.58 Å². The van der Waals surface area contributed by atoms with Crippen molar-refractivity contribution in [3.63, 3.8) is 0 Å². The number of hydrogen-bond acceptors (Lipinski definition) is 3. The zero-order valence-corrected chi connectivity index (χ0v) is 17.6. The first-order chi connectivity index (χ1) is 12.7. The number of hydrogen-bond donors (Lipinski definition) is 0. The third-order valence-electron chi connectivity index (χ3n) is 4.86. The van der Waals surface area contributed by atoms with E-state index < -0.39 is 30.8 Å². The summed E-state index contributed by atoms with van der Waals surface area (Å²) >= 11 is -3.65. The normalized spacial score (nSPS) is 17.0. The highest BCUT2D eigenvalue weighted by molar-refractivity contribution is 7.38. The maximum Gasteiger partial charge on any atom is 0.600 e. The summed E-state index contributed by atoms with van der Waals surface area (Å²) < 4.78 is 67.6. The third kappa shape index (κ3) is 6.42. The van der Waals surface area contributed by atoms with Gasteiger partial charge in [-0.1, -0.05) is 45.1 Å². The van der Waals surface area contributed by atoms with Crippen molar-refractivity contribution in [1.29, 1.82) is 0 Å². The fourth-order valence-corrected chi connectivity index (χ4v) is 5.98. The minimum atomic E-state index is -4.16. The summed E-state index contributed by atoms with van der Waals surface area (Å²) in [7, 11) is -1.72. The van der Waals surface area contributed by atoms with E-state index in [2.05, 4.69) is 6.92 Å². The van der Waals surface area contributed by atoms with Crippen molar-refractivity contribution >= 4 is 20.6 Å². The second-order valence-corrected chi connectivity index (χ2v) is 9.58. The molecule has 0 N–H and O–H groups in total. The summed E-state index contributed by atoms with van der Waals surface area (Å²) in [5, 5.41) is 0.796. The molecular weight excluding hydrogens is 445 g/mol. The highest BCUT2D eigenvalue weighted by Gasteiger charge is 2.49. The van der Waals surface area contributed by atoms with Crippen LogP contribution < -0.4 is 12.6 Å². The average Bonchev–Trinajstić information content (AvgIpc) is 2.75. The Morgan fingerprint density at radius 3 is 2.15 bits per heavy atom. The molecular formula is C19H24BrF3O3S. The molecule has 3 rings (SSSR count). The van der Waals surface area contributed by atoms with Crippen LogP contribution in [-0.2, 0) is 11.9 Å². The molecule has 1 atom stereocenters. The first kappa shape index (κ1) is 22.6. The Kier molecular flexibility index (Phi) is 8.55. The van der Waals surface area contributed by atoms with Gasteiger partial charge in [-0.15, -0.1) is 13.2 Å². The van der Waals surface area contributed by atoms with Gasteiger partial charge in [0.25, 0.3) is 0 Å². The van der Waals surface area contributed by atoms with Gasteiger partial charge in [-0.2, -0.15) is 0 Å². The van der Waals surface area contributed by atoms with Crippen molar-refractivity contribution in [2.75, 3.05) is 0 Å². The van der Waals surface area contributed by atoms with Crippen LogP contribution in [0.5, 0.6) is 0 Å².